The van der Waals surface area contributed by atoms with Crippen LogP contribution in [0.1, 0.15) is 11.1 Å². The van der Waals surface area contributed by atoms with E-state index in [9.17, 15) is 0 Å². The molecule has 4 heteroatoms. The van der Waals surface area contributed by atoms with Crippen molar-refractivity contribution in [3.63, 3.8) is 0 Å². The minimum Gasteiger partial charge on any atom is -0.497 e. The summed E-state index contributed by atoms with van der Waals surface area (Å²) in [6.07, 6.45) is 3.81. The number of anilines is 1. The fourth-order valence-electron chi connectivity index (χ4n) is 3.54. The van der Waals surface area contributed by atoms with Crippen LogP contribution in [-0.2, 0) is 17.7 Å². The number of hydrogen-bond acceptors (Lipinski definition) is 4. The van der Waals surface area contributed by atoms with Gasteiger partial charge in [-0.3, -0.25) is 10.3 Å². The van der Waals surface area contributed by atoms with E-state index in [0.29, 0.717) is 0 Å². The van der Waals surface area contributed by atoms with Gasteiger partial charge in [0.15, 0.2) is 0 Å². The summed E-state index contributed by atoms with van der Waals surface area (Å²) in [5.41, 5.74) is 7.79. The van der Waals surface area contributed by atoms with Crippen molar-refractivity contribution in [2.45, 2.75) is 25.0 Å². The van der Waals surface area contributed by atoms with E-state index < -0.39 is 0 Å². The van der Waals surface area contributed by atoms with Crippen LogP contribution in [0, 0.1) is 0 Å². The standard InChI is InChI=1S/C25H26N2O2/c1-28-23-14-12-21(13-15-23)26-24(17-20-10-6-3-7-11-20)25-18-22(27-29-25)16-19-8-4-2-5-9-19/h2-15,18,24-27H,16-17H2,1H3. The van der Waals surface area contributed by atoms with Gasteiger partial charge in [0.05, 0.1) is 13.2 Å². The summed E-state index contributed by atoms with van der Waals surface area (Å²) >= 11 is 0. The van der Waals surface area contributed by atoms with E-state index in [1.807, 2.05) is 36.4 Å². The van der Waals surface area contributed by atoms with Crippen molar-refractivity contribution in [2.24, 2.45) is 0 Å². The van der Waals surface area contributed by atoms with Crippen molar-refractivity contribution >= 4 is 5.69 Å². The van der Waals surface area contributed by atoms with Crippen LogP contribution >= 0.6 is 0 Å². The Bertz CT molecular complexity index is 924. The largest absolute Gasteiger partial charge is 0.497 e. The normalized spacial score (nSPS) is 16.6. The molecule has 0 aliphatic carbocycles. The van der Waals surface area contributed by atoms with Crippen LogP contribution in [0.4, 0.5) is 5.69 Å². The first-order valence-corrected chi connectivity index (χ1v) is 9.91. The van der Waals surface area contributed by atoms with Crippen molar-refractivity contribution in [1.82, 2.24) is 5.48 Å². The minimum atomic E-state index is -0.0731. The number of nitrogens with one attached hydrogen (secondary N) is 2. The molecule has 0 bridgehead atoms. The maximum atomic E-state index is 5.96. The van der Waals surface area contributed by atoms with Crippen LogP contribution in [0.25, 0.3) is 0 Å². The molecule has 148 valence electrons. The first-order valence-electron chi connectivity index (χ1n) is 9.91. The monoisotopic (exact) mass is 386 g/mol. The zero-order valence-corrected chi connectivity index (χ0v) is 16.5. The fraction of sp³-hybridized carbons (Fsp3) is 0.200. The lowest BCUT2D eigenvalue weighted by molar-refractivity contribution is 0.0315. The molecule has 0 aromatic heterocycles. The summed E-state index contributed by atoms with van der Waals surface area (Å²) in [4.78, 5) is 5.96. The van der Waals surface area contributed by atoms with E-state index in [4.69, 9.17) is 9.57 Å². The van der Waals surface area contributed by atoms with Gasteiger partial charge < -0.3 is 10.1 Å². The van der Waals surface area contributed by atoms with Crippen molar-refractivity contribution in [2.75, 3.05) is 12.4 Å². The van der Waals surface area contributed by atoms with Crippen molar-refractivity contribution in [1.29, 1.82) is 0 Å². The summed E-state index contributed by atoms with van der Waals surface area (Å²) in [5.74, 6) is 0.846. The Hall–Kier alpha value is -3.24. The molecule has 0 spiro atoms. The van der Waals surface area contributed by atoms with Crippen LogP contribution in [0.5, 0.6) is 5.75 Å². The lowest BCUT2D eigenvalue weighted by Gasteiger charge is -2.24. The van der Waals surface area contributed by atoms with E-state index in [-0.39, 0.29) is 12.1 Å². The topological polar surface area (TPSA) is 42.5 Å². The Morgan fingerprint density at radius 2 is 1.55 bits per heavy atom. The summed E-state index contributed by atoms with van der Waals surface area (Å²) in [5, 5.41) is 3.64. The molecular weight excluding hydrogens is 360 g/mol. The van der Waals surface area contributed by atoms with Crippen LogP contribution in [0.15, 0.2) is 96.7 Å². The Balaban J connectivity index is 1.51. The molecule has 29 heavy (non-hydrogen) atoms. The number of methoxy groups -OCH3 is 1. The van der Waals surface area contributed by atoms with Gasteiger partial charge in [-0.25, -0.2) is 0 Å². The Labute approximate surface area is 172 Å². The molecule has 2 N–H and O–H groups in total. The van der Waals surface area contributed by atoms with E-state index in [2.05, 4.69) is 65.4 Å². The van der Waals surface area contributed by atoms with Gasteiger partial charge in [-0.05, 0) is 47.9 Å². The molecule has 0 radical (unpaired) electrons. The molecule has 2 unspecified atom stereocenters. The lowest BCUT2D eigenvalue weighted by Crippen LogP contribution is -2.36. The summed E-state index contributed by atoms with van der Waals surface area (Å²) in [6, 6.07) is 29.0. The zero-order chi connectivity index (χ0) is 19.9. The summed E-state index contributed by atoms with van der Waals surface area (Å²) in [7, 11) is 1.68. The van der Waals surface area contributed by atoms with E-state index in [0.717, 1.165) is 30.0 Å². The van der Waals surface area contributed by atoms with Crippen LogP contribution in [-0.4, -0.2) is 19.3 Å². The van der Waals surface area contributed by atoms with Gasteiger partial charge in [0.25, 0.3) is 0 Å². The number of rotatable bonds is 8. The number of hydrogen-bond donors (Lipinski definition) is 2. The third-order valence-corrected chi connectivity index (χ3v) is 5.07. The second-order valence-corrected chi connectivity index (χ2v) is 7.21. The van der Waals surface area contributed by atoms with Crippen molar-refractivity contribution < 1.29 is 9.57 Å². The minimum absolute atomic E-state index is 0.0731. The number of benzene rings is 3. The quantitative estimate of drug-likeness (QED) is 0.586. The molecular formula is C25H26N2O2. The Morgan fingerprint density at radius 1 is 0.897 bits per heavy atom. The van der Waals surface area contributed by atoms with Crippen LogP contribution in [0.2, 0.25) is 0 Å². The molecule has 1 aliphatic heterocycles. The smallest absolute Gasteiger partial charge is 0.126 e. The lowest BCUT2D eigenvalue weighted by atomic mass is 9.99. The van der Waals surface area contributed by atoms with Gasteiger partial charge in [-0.15, -0.1) is 0 Å². The maximum Gasteiger partial charge on any atom is 0.126 e. The third-order valence-electron chi connectivity index (χ3n) is 5.07. The Kier molecular flexibility index (Phi) is 6.13. The molecule has 3 aromatic rings. The number of ether oxygens (including phenoxy) is 1. The highest BCUT2D eigenvalue weighted by molar-refractivity contribution is 5.48. The van der Waals surface area contributed by atoms with Gasteiger partial charge >= 0.3 is 0 Å². The van der Waals surface area contributed by atoms with Crippen LogP contribution in [0.3, 0.4) is 0 Å². The average Bonchev–Trinajstić information content (AvgIpc) is 3.24. The molecule has 4 nitrogen and oxygen atoms in total. The van der Waals surface area contributed by atoms with Gasteiger partial charge in [0.2, 0.25) is 0 Å². The van der Waals surface area contributed by atoms with Crippen molar-refractivity contribution in [3.05, 3.63) is 108 Å². The van der Waals surface area contributed by atoms with Gasteiger partial charge in [0.1, 0.15) is 11.9 Å². The first kappa shape index (κ1) is 19.1. The van der Waals surface area contributed by atoms with Crippen LogP contribution < -0.4 is 15.5 Å². The molecule has 3 aromatic carbocycles. The molecule has 2 atom stereocenters. The molecule has 0 amide bonds. The van der Waals surface area contributed by atoms with Gasteiger partial charge in [-0.1, -0.05) is 60.7 Å². The first-order chi connectivity index (χ1) is 14.3. The molecule has 1 heterocycles. The molecule has 0 saturated carbocycles. The number of hydroxylamine groups is 1. The predicted octanol–water partition coefficient (Wildman–Crippen LogP) is 4.75. The second-order valence-electron chi connectivity index (χ2n) is 7.21. The van der Waals surface area contributed by atoms with Crippen molar-refractivity contribution in [3.8, 4) is 5.75 Å². The van der Waals surface area contributed by atoms with E-state index in [1.54, 1.807) is 7.11 Å². The zero-order valence-electron chi connectivity index (χ0n) is 16.5. The predicted molar refractivity (Wildman–Crippen MR) is 117 cm³/mol. The summed E-state index contributed by atoms with van der Waals surface area (Å²) in [6.45, 7) is 0. The molecule has 0 fully saturated rings. The Morgan fingerprint density at radius 3 is 2.21 bits per heavy atom. The second kappa shape index (κ2) is 9.30. The molecule has 1 aliphatic rings. The highest BCUT2D eigenvalue weighted by Gasteiger charge is 2.26. The SMILES string of the molecule is COc1ccc(NC(Cc2ccccc2)C2C=C(Cc3ccccc3)NO2)cc1. The fourth-order valence-corrected chi connectivity index (χ4v) is 3.54. The van der Waals surface area contributed by atoms with Gasteiger partial charge in [-0.2, -0.15) is 0 Å². The highest BCUT2D eigenvalue weighted by Crippen LogP contribution is 2.22. The number of allylic oxidation sites excluding steroid dienone is 1. The maximum absolute atomic E-state index is 5.96. The molecule has 0 saturated heterocycles. The summed E-state index contributed by atoms with van der Waals surface area (Å²) < 4.78 is 5.27. The highest BCUT2D eigenvalue weighted by atomic mass is 16.7. The molecule has 4 rings (SSSR count). The van der Waals surface area contributed by atoms with Gasteiger partial charge in [0, 0.05) is 17.8 Å². The van der Waals surface area contributed by atoms with E-state index >= 15 is 0 Å². The van der Waals surface area contributed by atoms with E-state index in [1.165, 1.54) is 11.1 Å². The average molecular weight is 386 g/mol. The third kappa shape index (κ3) is 5.18.